The fourth-order valence-corrected chi connectivity index (χ4v) is 3.66. The number of nitrogens with zero attached hydrogens (tertiary/aromatic N) is 1. The van der Waals surface area contributed by atoms with Crippen LogP contribution in [0.4, 0.5) is 0 Å². The van der Waals surface area contributed by atoms with Crippen molar-refractivity contribution in [3.63, 3.8) is 0 Å². The standard InChI is InChI=1S/C15H22N2OS/c1-11-9-19-10-14(11)15(18)17(13-5-6-13)8-12-4-2-3-7-16-12/h9-10,12-13,16H,2-8H2,1H3. The van der Waals surface area contributed by atoms with Crippen molar-refractivity contribution in [2.75, 3.05) is 13.1 Å². The van der Waals surface area contributed by atoms with Gasteiger partial charge in [-0.25, -0.2) is 0 Å². The number of carbonyl (C=O) groups excluding carboxylic acids is 1. The SMILES string of the molecule is Cc1cscc1C(=O)N(CC1CCCCN1)C1CC1. The van der Waals surface area contributed by atoms with E-state index in [1.807, 2.05) is 12.3 Å². The number of carbonyl (C=O) groups is 1. The Kier molecular flexibility index (Phi) is 3.89. The minimum absolute atomic E-state index is 0.244. The lowest BCUT2D eigenvalue weighted by Gasteiger charge is -2.31. The van der Waals surface area contributed by atoms with Crippen LogP contribution < -0.4 is 5.32 Å². The molecule has 1 aliphatic carbocycles. The van der Waals surface area contributed by atoms with E-state index in [9.17, 15) is 4.79 Å². The second kappa shape index (κ2) is 5.63. The lowest BCUT2D eigenvalue weighted by Crippen LogP contribution is -2.46. The smallest absolute Gasteiger partial charge is 0.255 e. The van der Waals surface area contributed by atoms with E-state index in [0.717, 1.165) is 24.2 Å². The number of hydrogen-bond acceptors (Lipinski definition) is 3. The van der Waals surface area contributed by atoms with E-state index in [0.29, 0.717) is 12.1 Å². The summed E-state index contributed by atoms with van der Waals surface area (Å²) >= 11 is 1.63. The van der Waals surface area contributed by atoms with Gasteiger partial charge in [-0.3, -0.25) is 4.79 Å². The van der Waals surface area contributed by atoms with Crippen LogP contribution in [0.25, 0.3) is 0 Å². The summed E-state index contributed by atoms with van der Waals surface area (Å²) in [5.41, 5.74) is 2.03. The predicted octanol–water partition coefficient (Wildman–Crippen LogP) is 2.80. The summed E-state index contributed by atoms with van der Waals surface area (Å²) in [7, 11) is 0. The molecule has 2 aliphatic rings. The number of aryl methyl sites for hydroxylation is 1. The van der Waals surface area contributed by atoms with Crippen LogP contribution in [0.3, 0.4) is 0 Å². The van der Waals surface area contributed by atoms with E-state index in [2.05, 4.69) is 15.6 Å². The lowest BCUT2D eigenvalue weighted by molar-refractivity contribution is 0.0718. The molecule has 1 amide bonds. The van der Waals surface area contributed by atoms with Crippen molar-refractivity contribution >= 4 is 17.2 Å². The van der Waals surface area contributed by atoms with Crippen molar-refractivity contribution in [3.8, 4) is 0 Å². The lowest BCUT2D eigenvalue weighted by atomic mass is 10.0. The highest BCUT2D eigenvalue weighted by molar-refractivity contribution is 7.08. The van der Waals surface area contributed by atoms with E-state index in [1.165, 1.54) is 32.1 Å². The van der Waals surface area contributed by atoms with Crippen LogP contribution in [-0.2, 0) is 0 Å². The highest BCUT2D eigenvalue weighted by atomic mass is 32.1. The molecule has 104 valence electrons. The van der Waals surface area contributed by atoms with Crippen LogP contribution in [-0.4, -0.2) is 36.0 Å². The predicted molar refractivity (Wildman–Crippen MR) is 78.8 cm³/mol. The summed E-state index contributed by atoms with van der Waals surface area (Å²) in [4.78, 5) is 14.8. The molecule has 1 atom stereocenters. The molecular weight excluding hydrogens is 256 g/mol. The molecule has 1 saturated carbocycles. The molecule has 19 heavy (non-hydrogen) atoms. The van der Waals surface area contributed by atoms with Gasteiger partial charge in [0, 0.05) is 24.0 Å². The van der Waals surface area contributed by atoms with E-state index in [1.54, 1.807) is 11.3 Å². The van der Waals surface area contributed by atoms with Gasteiger partial charge in [-0.05, 0) is 50.1 Å². The third-order valence-corrected chi connectivity index (χ3v) is 5.03. The van der Waals surface area contributed by atoms with Gasteiger partial charge >= 0.3 is 0 Å². The summed E-state index contributed by atoms with van der Waals surface area (Å²) in [6.07, 6.45) is 6.14. The summed E-state index contributed by atoms with van der Waals surface area (Å²) in [6.45, 7) is 4.03. The first-order valence-electron chi connectivity index (χ1n) is 7.33. The van der Waals surface area contributed by atoms with Crippen molar-refractivity contribution < 1.29 is 4.79 Å². The number of amides is 1. The summed E-state index contributed by atoms with van der Waals surface area (Å²) < 4.78 is 0. The monoisotopic (exact) mass is 278 g/mol. The number of piperidine rings is 1. The molecule has 1 aromatic heterocycles. The number of hydrogen-bond donors (Lipinski definition) is 1. The third-order valence-electron chi connectivity index (χ3n) is 4.16. The van der Waals surface area contributed by atoms with E-state index < -0.39 is 0 Å². The Morgan fingerprint density at radius 2 is 2.21 bits per heavy atom. The van der Waals surface area contributed by atoms with Crippen molar-refractivity contribution in [3.05, 3.63) is 21.9 Å². The normalized spacial score (nSPS) is 23.3. The zero-order chi connectivity index (χ0) is 13.2. The molecule has 0 radical (unpaired) electrons. The van der Waals surface area contributed by atoms with Gasteiger partial charge in [-0.2, -0.15) is 11.3 Å². The Hall–Kier alpha value is -0.870. The second-order valence-corrected chi connectivity index (χ2v) is 6.55. The maximum atomic E-state index is 12.7. The van der Waals surface area contributed by atoms with Crippen molar-refractivity contribution in [2.45, 2.75) is 51.1 Å². The second-order valence-electron chi connectivity index (χ2n) is 5.80. The zero-order valence-electron chi connectivity index (χ0n) is 11.5. The van der Waals surface area contributed by atoms with E-state index in [4.69, 9.17) is 0 Å². The minimum Gasteiger partial charge on any atom is -0.334 e. The zero-order valence-corrected chi connectivity index (χ0v) is 12.3. The average molecular weight is 278 g/mol. The number of thiophene rings is 1. The molecule has 1 N–H and O–H groups in total. The molecule has 0 spiro atoms. The van der Waals surface area contributed by atoms with Crippen LogP contribution in [0, 0.1) is 6.92 Å². The molecular formula is C15H22N2OS. The quantitative estimate of drug-likeness (QED) is 0.918. The van der Waals surface area contributed by atoms with Gasteiger partial charge in [0.15, 0.2) is 0 Å². The van der Waals surface area contributed by atoms with Crippen molar-refractivity contribution in [2.24, 2.45) is 0 Å². The largest absolute Gasteiger partial charge is 0.334 e. The third kappa shape index (κ3) is 3.00. The molecule has 2 fully saturated rings. The van der Waals surface area contributed by atoms with Gasteiger partial charge in [0.2, 0.25) is 0 Å². The number of rotatable bonds is 4. The molecule has 4 heteroatoms. The minimum atomic E-state index is 0.244. The van der Waals surface area contributed by atoms with Crippen LogP contribution in [0.2, 0.25) is 0 Å². The van der Waals surface area contributed by atoms with E-state index in [-0.39, 0.29) is 5.91 Å². The Morgan fingerprint density at radius 3 is 2.79 bits per heavy atom. The Balaban J connectivity index is 1.70. The summed E-state index contributed by atoms with van der Waals surface area (Å²) in [5.74, 6) is 0.244. The van der Waals surface area contributed by atoms with Crippen molar-refractivity contribution in [1.82, 2.24) is 10.2 Å². The average Bonchev–Trinajstić information content (AvgIpc) is 3.18. The Morgan fingerprint density at radius 1 is 1.37 bits per heavy atom. The van der Waals surface area contributed by atoms with Crippen LogP contribution in [0.15, 0.2) is 10.8 Å². The molecule has 1 unspecified atom stereocenters. The molecule has 1 saturated heterocycles. The fraction of sp³-hybridized carbons (Fsp3) is 0.667. The molecule has 3 nitrogen and oxygen atoms in total. The topological polar surface area (TPSA) is 32.3 Å². The molecule has 2 heterocycles. The summed E-state index contributed by atoms with van der Waals surface area (Å²) in [5, 5.41) is 7.62. The van der Waals surface area contributed by atoms with Gasteiger partial charge in [0.1, 0.15) is 0 Å². The molecule has 0 aromatic carbocycles. The first-order chi connectivity index (χ1) is 9.25. The van der Waals surface area contributed by atoms with Crippen molar-refractivity contribution in [1.29, 1.82) is 0 Å². The first-order valence-corrected chi connectivity index (χ1v) is 8.27. The molecule has 3 rings (SSSR count). The van der Waals surface area contributed by atoms with Crippen LogP contribution in [0.1, 0.15) is 48.0 Å². The molecule has 1 aliphatic heterocycles. The van der Waals surface area contributed by atoms with E-state index >= 15 is 0 Å². The van der Waals surface area contributed by atoms with Crippen LogP contribution in [0.5, 0.6) is 0 Å². The van der Waals surface area contributed by atoms with Crippen LogP contribution >= 0.6 is 11.3 Å². The molecule has 1 aromatic rings. The van der Waals surface area contributed by atoms with Gasteiger partial charge in [0.25, 0.3) is 5.91 Å². The van der Waals surface area contributed by atoms with Gasteiger partial charge in [0.05, 0.1) is 5.56 Å². The Labute approximate surface area is 119 Å². The van der Waals surface area contributed by atoms with Gasteiger partial charge in [-0.15, -0.1) is 0 Å². The van der Waals surface area contributed by atoms with Gasteiger partial charge < -0.3 is 10.2 Å². The highest BCUT2D eigenvalue weighted by Crippen LogP contribution is 2.30. The summed E-state index contributed by atoms with van der Waals surface area (Å²) in [6, 6.07) is 0.993. The van der Waals surface area contributed by atoms with Gasteiger partial charge in [-0.1, -0.05) is 6.42 Å². The first kappa shape index (κ1) is 13.1. The Bertz CT molecular complexity index is 447. The fourth-order valence-electron chi connectivity index (χ4n) is 2.84. The number of nitrogens with one attached hydrogen (secondary N) is 1. The maximum absolute atomic E-state index is 12.7. The molecule has 0 bridgehead atoms. The highest BCUT2D eigenvalue weighted by Gasteiger charge is 2.35. The maximum Gasteiger partial charge on any atom is 0.255 e.